The van der Waals surface area contributed by atoms with Gasteiger partial charge in [-0.3, -0.25) is 4.79 Å². The summed E-state index contributed by atoms with van der Waals surface area (Å²) in [6.07, 6.45) is 3.48. The number of carboxylic acid groups (broad SMARTS) is 1. The first-order valence-corrected chi connectivity index (χ1v) is 8.96. The highest BCUT2D eigenvalue weighted by Crippen LogP contribution is 2.26. The maximum Gasteiger partial charge on any atom is 0.326 e. The van der Waals surface area contributed by atoms with E-state index in [0.717, 1.165) is 11.3 Å². The van der Waals surface area contributed by atoms with Crippen LogP contribution in [0.1, 0.15) is 41.5 Å². The van der Waals surface area contributed by atoms with Crippen molar-refractivity contribution in [3.8, 4) is 0 Å². The van der Waals surface area contributed by atoms with E-state index >= 15 is 0 Å². The number of aliphatic carboxylic acids is 1. The summed E-state index contributed by atoms with van der Waals surface area (Å²) in [6.45, 7) is 13.4. The Morgan fingerprint density at radius 1 is 1.24 bits per heavy atom. The SMILES string of the molecule is CC.CC.CCOC1=CC(OCC)=C(C2=CC(C(=O)O)NN2C)CN1. The minimum atomic E-state index is -0.912. The second-order valence-corrected chi connectivity index (χ2v) is 4.63. The van der Waals surface area contributed by atoms with Crippen molar-refractivity contribution in [2.24, 2.45) is 0 Å². The summed E-state index contributed by atoms with van der Waals surface area (Å²) in [6, 6.07) is -0.724. The number of hydrogen-bond acceptors (Lipinski definition) is 6. The highest BCUT2D eigenvalue weighted by molar-refractivity contribution is 5.77. The zero-order chi connectivity index (χ0) is 19.4. The van der Waals surface area contributed by atoms with E-state index in [1.807, 2.05) is 41.5 Å². The highest BCUT2D eigenvalue weighted by atomic mass is 16.5. The molecule has 3 N–H and O–H groups in total. The van der Waals surface area contributed by atoms with Crippen LogP contribution < -0.4 is 10.7 Å². The van der Waals surface area contributed by atoms with Crippen LogP contribution >= 0.6 is 0 Å². The minimum absolute atomic E-state index is 0.519. The fraction of sp³-hybridized carbons (Fsp3) is 0.611. The van der Waals surface area contributed by atoms with Crippen molar-refractivity contribution in [3.05, 3.63) is 35.1 Å². The van der Waals surface area contributed by atoms with E-state index in [1.165, 1.54) is 0 Å². The second kappa shape index (κ2) is 12.2. The molecular formula is C18H33N3O4. The minimum Gasteiger partial charge on any atom is -0.493 e. The largest absolute Gasteiger partial charge is 0.493 e. The molecule has 7 nitrogen and oxygen atoms in total. The molecule has 0 bridgehead atoms. The van der Waals surface area contributed by atoms with E-state index in [2.05, 4.69) is 10.7 Å². The maximum absolute atomic E-state index is 11.1. The summed E-state index contributed by atoms with van der Waals surface area (Å²) in [7, 11) is 1.78. The van der Waals surface area contributed by atoms with E-state index in [9.17, 15) is 4.79 Å². The van der Waals surface area contributed by atoms with Crippen LogP contribution in [0.15, 0.2) is 35.1 Å². The molecule has 0 aliphatic carbocycles. The van der Waals surface area contributed by atoms with Crippen LogP contribution in [0.3, 0.4) is 0 Å². The molecule has 0 aromatic heterocycles. The van der Waals surface area contributed by atoms with Gasteiger partial charge < -0.3 is 24.9 Å². The van der Waals surface area contributed by atoms with E-state index in [0.29, 0.717) is 31.4 Å². The Morgan fingerprint density at radius 2 is 1.84 bits per heavy atom. The van der Waals surface area contributed by atoms with Gasteiger partial charge in [0.1, 0.15) is 11.8 Å². The Balaban J connectivity index is 0.00000134. The maximum atomic E-state index is 11.1. The zero-order valence-electron chi connectivity index (χ0n) is 16.5. The van der Waals surface area contributed by atoms with Gasteiger partial charge in [-0.05, 0) is 19.9 Å². The number of nitrogens with one attached hydrogen (secondary N) is 2. The number of carbonyl (C=O) groups is 1. The molecule has 0 aromatic rings. The average Bonchev–Trinajstić information content (AvgIpc) is 3.01. The molecule has 0 aromatic carbocycles. The molecule has 2 heterocycles. The van der Waals surface area contributed by atoms with Crippen LogP contribution in [0.25, 0.3) is 0 Å². The summed E-state index contributed by atoms with van der Waals surface area (Å²) >= 11 is 0. The number of hydrogen-bond donors (Lipinski definition) is 3. The predicted molar refractivity (Wildman–Crippen MR) is 99.5 cm³/mol. The number of rotatable bonds is 6. The van der Waals surface area contributed by atoms with Crippen LogP contribution in [0.5, 0.6) is 0 Å². The Hall–Kier alpha value is -2.15. The summed E-state index contributed by atoms with van der Waals surface area (Å²) in [5, 5.41) is 14.0. The van der Waals surface area contributed by atoms with Crippen molar-refractivity contribution >= 4 is 5.97 Å². The molecule has 0 saturated heterocycles. The lowest BCUT2D eigenvalue weighted by Crippen LogP contribution is -2.39. The second-order valence-electron chi connectivity index (χ2n) is 4.63. The third kappa shape index (κ3) is 6.34. The molecule has 0 spiro atoms. The van der Waals surface area contributed by atoms with Crippen LogP contribution in [0.4, 0.5) is 0 Å². The average molecular weight is 355 g/mol. The Morgan fingerprint density at radius 3 is 2.32 bits per heavy atom. The first kappa shape index (κ1) is 22.9. The smallest absolute Gasteiger partial charge is 0.326 e. The lowest BCUT2D eigenvalue weighted by Gasteiger charge is -2.25. The van der Waals surface area contributed by atoms with Crippen molar-refractivity contribution in [3.63, 3.8) is 0 Å². The zero-order valence-corrected chi connectivity index (χ0v) is 16.5. The van der Waals surface area contributed by atoms with Crippen molar-refractivity contribution in [1.29, 1.82) is 0 Å². The number of hydrazine groups is 1. The number of dihydropyridines is 1. The molecule has 1 atom stereocenters. The number of allylic oxidation sites excluding steroid dienone is 1. The molecule has 2 aliphatic heterocycles. The summed E-state index contributed by atoms with van der Waals surface area (Å²) in [5.74, 6) is 0.448. The predicted octanol–water partition coefficient (Wildman–Crippen LogP) is 2.60. The van der Waals surface area contributed by atoms with Gasteiger partial charge in [-0.25, -0.2) is 5.43 Å². The quantitative estimate of drug-likeness (QED) is 0.675. The van der Waals surface area contributed by atoms with Gasteiger partial charge in [-0.2, -0.15) is 0 Å². The van der Waals surface area contributed by atoms with E-state index in [4.69, 9.17) is 14.6 Å². The van der Waals surface area contributed by atoms with Crippen LogP contribution in [0.2, 0.25) is 0 Å². The van der Waals surface area contributed by atoms with Crippen molar-refractivity contribution in [1.82, 2.24) is 15.8 Å². The summed E-state index contributed by atoms with van der Waals surface area (Å²) < 4.78 is 11.1. The van der Waals surface area contributed by atoms with Gasteiger partial charge in [0.05, 0.1) is 18.9 Å². The van der Waals surface area contributed by atoms with Gasteiger partial charge >= 0.3 is 5.97 Å². The molecule has 0 amide bonds. The van der Waals surface area contributed by atoms with Crippen LogP contribution in [-0.4, -0.2) is 48.9 Å². The summed E-state index contributed by atoms with van der Waals surface area (Å²) in [5.41, 5.74) is 4.57. The standard InChI is InChI=1S/C14H21N3O4.2C2H6/c1-4-20-12-7-13(21-5-2)15-8-9(12)11-6-10(14(18)19)16-17(11)3;2*1-2/h6-7,10,15-16H,4-5,8H2,1-3H3,(H,18,19);2*1-2H3. The highest BCUT2D eigenvalue weighted by Gasteiger charge is 2.30. The topological polar surface area (TPSA) is 83.1 Å². The fourth-order valence-corrected chi connectivity index (χ4v) is 2.28. The van der Waals surface area contributed by atoms with Gasteiger partial charge in [-0.1, -0.05) is 27.7 Å². The van der Waals surface area contributed by atoms with Crippen molar-refractivity contribution in [2.75, 3.05) is 26.8 Å². The molecule has 0 fully saturated rings. The Labute approximate surface area is 151 Å². The van der Waals surface area contributed by atoms with Crippen molar-refractivity contribution in [2.45, 2.75) is 47.6 Å². The first-order valence-electron chi connectivity index (χ1n) is 8.96. The Kier molecular flexibility index (Phi) is 11.2. The van der Waals surface area contributed by atoms with Crippen molar-refractivity contribution < 1.29 is 19.4 Å². The van der Waals surface area contributed by atoms with Gasteiger partial charge in [0.25, 0.3) is 0 Å². The van der Waals surface area contributed by atoms with Gasteiger partial charge in [-0.15, -0.1) is 0 Å². The molecule has 0 radical (unpaired) electrons. The molecule has 2 rings (SSSR count). The van der Waals surface area contributed by atoms with E-state index < -0.39 is 12.0 Å². The summed E-state index contributed by atoms with van der Waals surface area (Å²) in [4.78, 5) is 11.1. The number of likely N-dealkylation sites (N-methyl/N-ethyl adjacent to an activating group) is 1. The lowest BCUT2D eigenvalue weighted by atomic mass is 10.1. The van der Waals surface area contributed by atoms with Crippen LogP contribution in [0, 0.1) is 0 Å². The number of ether oxygens (including phenoxy) is 2. The molecule has 144 valence electrons. The molecular weight excluding hydrogens is 322 g/mol. The molecule has 1 unspecified atom stereocenters. The molecule has 7 heteroatoms. The van der Waals surface area contributed by atoms with Gasteiger partial charge in [0.15, 0.2) is 5.88 Å². The molecule has 25 heavy (non-hydrogen) atoms. The number of carboxylic acids is 1. The van der Waals surface area contributed by atoms with Crippen LogP contribution in [-0.2, 0) is 14.3 Å². The monoisotopic (exact) mass is 355 g/mol. The lowest BCUT2D eigenvalue weighted by molar-refractivity contribution is -0.138. The van der Waals surface area contributed by atoms with E-state index in [1.54, 1.807) is 24.2 Å². The molecule has 0 saturated carbocycles. The van der Waals surface area contributed by atoms with Gasteiger partial charge in [0, 0.05) is 25.2 Å². The normalized spacial score (nSPS) is 18.7. The first-order chi connectivity index (χ1) is 12.1. The van der Waals surface area contributed by atoms with Gasteiger partial charge in [0.2, 0.25) is 0 Å². The van der Waals surface area contributed by atoms with E-state index in [-0.39, 0.29) is 0 Å². The fourth-order valence-electron chi connectivity index (χ4n) is 2.28. The Bertz CT molecular complexity index is 512. The number of nitrogens with zero attached hydrogens (tertiary/aromatic N) is 1. The third-order valence-electron chi connectivity index (χ3n) is 3.19. The third-order valence-corrected chi connectivity index (χ3v) is 3.19. The molecule has 2 aliphatic rings.